The van der Waals surface area contributed by atoms with Gasteiger partial charge in [0.1, 0.15) is 5.82 Å². The summed E-state index contributed by atoms with van der Waals surface area (Å²) in [4.78, 5) is 38.1. The van der Waals surface area contributed by atoms with Gasteiger partial charge in [-0.3, -0.25) is 9.59 Å². The van der Waals surface area contributed by atoms with Gasteiger partial charge in [-0.2, -0.15) is 0 Å². The number of aromatic nitrogens is 2. The first-order valence-electron chi connectivity index (χ1n) is 10.6. The number of nitrogens with zero attached hydrogens (tertiary/aromatic N) is 4. The van der Waals surface area contributed by atoms with Crippen LogP contribution in [-0.4, -0.2) is 46.3 Å². The van der Waals surface area contributed by atoms with Crippen LogP contribution in [0.1, 0.15) is 59.5 Å². The number of rotatable bonds is 2. The first-order chi connectivity index (χ1) is 14.1. The molecule has 29 heavy (non-hydrogen) atoms. The molecule has 2 aliphatic heterocycles. The lowest BCUT2D eigenvalue weighted by Crippen LogP contribution is -2.48. The third kappa shape index (κ3) is 3.11. The van der Waals surface area contributed by atoms with Gasteiger partial charge in [0.2, 0.25) is 5.91 Å². The molecule has 2 aromatic rings. The molecule has 3 heterocycles. The Morgan fingerprint density at radius 1 is 1.07 bits per heavy atom. The predicted octanol–water partition coefficient (Wildman–Crippen LogP) is 3.03. The van der Waals surface area contributed by atoms with Gasteiger partial charge in [-0.1, -0.05) is 0 Å². The van der Waals surface area contributed by atoms with E-state index in [4.69, 9.17) is 4.98 Å². The third-order valence-electron chi connectivity index (χ3n) is 6.72. The predicted molar refractivity (Wildman–Crippen MR) is 110 cm³/mol. The van der Waals surface area contributed by atoms with Gasteiger partial charge in [0, 0.05) is 48.9 Å². The molecule has 2 amide bonds. The molecule has 6 heteroatoms. The van der Waals surface area contributed by atoms with Gasteiger partial charge in [-0.15, -0.1) is 0 Å². The lowest BCUT2D eigenvalue weighted by molar-refractivity contribution is -0.117. The second-order valence-corrected chi connectivity index (χ2v) is 8.60. The number of carbonyl (C=O) groups excluding carboxylic acids is 2. The van der Waals surface area contributed by atoms with Crippen LogP contribution in [0, 0.1) is 6.92 Å². The van der Waals surface area contributed by atoms with Gasteiger partial charge in [0.25, 0.3) is 5.91 Å². The standard InChI is InChI=1S/C23H26N4O2/c1-16-24-14-18-9-11-23(21(18)25-16)10-3-12-26(15-23)22(29)17-5-7-19(8-6-17)27-13-2-4-20(27)28/h5-8,14H,2-4,9-13,15H2,1H3. The van der Waals surface area contributed by atoms with Crippen LogP contribution in [0.2, 0.25) is 0 Å². The van der Waals surface area contributed by atoms with E-state index in [1.165, 1.54) is 5.56 Å². The molecule has 2 saturated heterocycles. The summed E-state index contributed by atoms with van der Waals surface area (Å²) in [6.45, 7) is 4.21. The molecular weight excluding hydrogens is 364 g/mol. The number of aryl methyl sites for hydroxylation is 2. The number of hydrogen-bond acceptors (Lipinski definition) is 4. The van der Waals surface area contributed by atoms with Crippen molar-refractivity contribution < 1.29 is 9.59 Å². The topological polar surface area (TPSA) is 66.4 Å². The highest BCUT2D eigenvalue weighted by Gasteiger charge is 2.44. The Labute approximate surface area is 170 Å². The first kappa shape index (κ1) is 18.3. The first-order valence-corrected chi connectivity index (χ1v) is 10.6. The van der Waals surface area contributed by atoms with E-state index in [1.807, 2.05) is 47.2 Å². The minimum atomic E-state index is -0.0289. The van der Waals surface area contributed by atoms with Crippen LogP contribution in [-0.2, 0) is 16.6 Å². The summed E-state index contributed by atoms with van der Waals surface area (Å²) >= 11 is 0. The highest BCUT2D eigenvalue weighted by Crippen LogP contribution is 2.44. The normalized spacial score (nSPS) is 23.7. The molecule has 3 aliphatic rings. The van der Waals surface area contributed by atoms with Crippen LogP contribution in [0.5, 0.6) is 0 Å². The Hall–Kier alpha value is -2.76. The lowest BCUT2D eigenvalue weighted by Gasteiger charge is -2.40. The molecule has 6 nitrogen and oxygen atoms in total. The van der Waals surface area contributed by atoms with Crippen LogP contribution < -0.4 is 4.90 Å². The summed E-state index contributed by atoms with van der Waals surface area (Å²) in [5.74, 6) is 1.04. The number of benzene rings is 1. The molecule has 1 aliphatic carbocycles. The molecule has 1 spiro atoms. The summed E-state index contributed by atoms with van der Waals surface area (Å²) in [6, 6.07) is 7.52. The van der Waals surface area contributed by atoms with Crippen LogP contribution in [0.25, 0.3) is 0 Å². The maximum atomic E-state index is 13.2. The monoisotopic (exact) mass is 390 g/mol. The van der Waals surface area contributed by atoms with Crippen molar-refractivity contribution in [2.24, 2.45) is 0 Å². The highest BCUT2D eigenvalue weighted by atomic mass is 16.2. The van der Waals surface area contributed by atoms with Crippen LogP contribution in [0.4, 0.5) is 5.69 Å². The van der Waals surface area contributed by atoms with E-state index in [0.717, 1.165) is 68.9 Å². The second kappa shape index (κ2) is 6.94. The molecule has 150 valence electrons. The van der Waals surface area contributed by atoms with Crippen molar-refractivity contribution in [3.8, 4) is 0 Å². The van der Waals surface area contributed by atoms with Gasteiger partial charge in [-0.25, -0.2) is 9.97 Å². The Morgan fingerprint density at radius 2 is 1.90 bits per heavy atom. The third-order valence-corrected chi connectivity index (χ3v) is 6.72. The lowest BCUT2D eigenvalue weighted by atomic mass is 9.77. The van der Waals surface area contributed by atoms with Crippen LogP contribution in [0.15, 0.2) is 30.5 Å². The summed E-state index contributed by atoms with van der Waals surface area (Å²) in [6.07, 6.45) is 7.59. The van der Waals surface area contributed by atoms with Gasteiger partial charge in [0.15, 0.2) is 0 Å². The Morgan fingerprint density at radius 3 is 2.66 bits per heavy atom. The maximum Gasteiger partial charge on any atom is 0.253 e. The Bertz CT molecular complexity index is 967. The molecule has 1 unspecified atom stereocenters. The number of carbonyl (C=O) groups is 2. The summed E-state index contributed by atoms with van der Waals surface area (Å²) in [5.41, 5.74) is 3.94. The molecular formula is C23H26N4O2. The Balaban J connectivity index is 1.36. The number of piperidine rings is 1. The molecule has 2 fully saturated rings. The number of amides is 2. The average Bonchev–Trinajstić information content (AvgIpc) is 3.32. The van der Waals surface area contributed by atoms with Crippen molar-refractivity contribution >= 4 is 17.5 Å². The van der Waals surface area contributed by atoms with Crippen molar-refractivity contribution in [3.63, 3.8) is 0 Å². The molecule has 0 saturated carbocycles. The van der Waals surface area contributed by atoms with Crippen molar-refractivity contribution in [1.82, 2.24) is 14.9 Å². The van der Waals surface area contributed by atoms with E-state index >= 15 is 0 Å². The Kier molecular flexibility index (Phi) is 4.37. The van der Waals surface area contributed by atoms with E-state index in [9.17, 15) is 9.59 Å². The molecule has 5 rings (SSSR count). The summed E-state index contributed by atoms with van der Waals surface area (Å²) in [5, 5.41) is 0. The fourth-order valence-electron chi connectivity index (χ4n) is 5.22. The number of fused-ring (bicyclic) bond motifs is 2. The molecule has 1 aromatic heterocycles. The molecule has 0 radical (unpaired) electrons. The van der Waals surface area contributed by atoms with Gasteiger partial charge in [0.05, 0.1) is 5.69 Å². The minimum absolute atomic E-state index is 0.0289. The van der Waals surface area contributed by atoms with Crippen LogP contribution >= 0.6 is 0 Å². The second-order valence-electron chi connectivity index (χ2n) is 8.60. The van der Waals surface area contributed by atoms with Gasteiger partial charge in [-0.05, 0) is 68.9 Å². The average molecular weight is 390 g/mol. The van der Waals surface area contributed by atoms with Crippen molar-refractivity contribution in [2.45, 2.75) is 50.9 Å². The van der Waals surface area contributed by atoms with E-state index < -0.39 is 0 Å². The smallest absolute Gasteiger partial charge is 0.253 e. The fourth-order valence-corrected chi connectivity index (χ4v) is 5.22. The zero-order valence-electron chi connectivity index (χ0n) is 16.9. The van der Waals surface area contributed by atoms with E-state index in [0.29, 0.717) is 12.0 Å². The number of likely N-dealkylation sites (tertiary alicyclic amines) is 1. The van der Waals surface area contributed by atoms with Gasteiger partial charge >= 0.3 is 0 Å². The van der Waals surface area contributed by atoms with Crippen molar-refractivity contribution in [1.29, 1.82) is 0 Å². The molecule has 1 atom stereocenters. The minimum Gasteiger partial charge on any atom is -0.338 e. The molecule has 0 bridgehead atoms. The van der Waals surface area contributed by atoms with E-state index in [2.05, 4.69) is 4.98 Å². The van der Waals surface area contributed by atoms with Gasteiger partial charge < -0.3 is 9.80 Å². The number of hydrogen-bond donors (Lipinski definition) is 0. The summed E-state index contributed by atoms with van der Waals surface area (Å²) in [7, 11) is 0. The van der Waals surface area contributed by atoms with Crippen molar-refractivity contribution in [2.75, 3.05) is 24.5 Å². The van der Waals surface area contributed by atoms with E-state index in [1.54, 1.807) is 0 Å². The highest BCUT2D eigenvalue weighted by molar-refractivity contribution is 5.97. The maximum absolute atomic E-state index is 13.2. The quantitative estimate of drug-likeness (QED) is 0.791. The zero-order chi connectivity index (χ0) is 20.0. The van der Waals surface area contributed by atoms with Crippen molar-refractivity contribution in [3.05, 3.63) is 53.1 Å². The fraction of sp³-hybridized carbons (Fsp3) is 0.478. The van der Waals surface area contributed by atoms with E-state index in [-0.39, 0.29) is 17.2 Å². The molecule has 0 N–H and O–H groups in total. The largest absolute Gasteiger partial charge is 0.338 e. The zero-order valence-corrected chi connectivity index (χ0v) is 16.9. The SMILES string of the molecule is Cc1ncc2c(n1)C1(CCCN(C(=O)c3ccc(N4CCCC4=O)cc3)C1)CC2. The molecule has 1 aromatic carbocycles. The number of anilines is 1. The van der Waals surface area contributed by atoms with Crippen LogP contribution in [0.3, 0.4) is 0 Å². The summed E-state index contributed by atoms with van der Waals surface area (Å²) < 4.78 is 0.